The van der Waals surface area contributed by atoms with Gasteiger partial charge in [0.25, 0.3) is 0 Å². The Labute approximate surface area is 93.7 Å². The Morgan fingerprint density at radius 1 is 1.20 bits per heavy atom. The second kappa shape index (κ2) is 4.53. The van der Waals surface area contributed by atoms with Crippen LogP contribution in [0.4, 0.5) is 0 Å². The van der Waals surface area contributed by atoms with Gasteiger partial charge < -0.3 is 0 Å². The Morgan fingerprint density at radius 2 is 1.73 bits per heavy atom. The molecule has 1 radical (unpaired) electrons. The first-order valence-corrected chi connectivity index (χ1v) is 5.51. The summed E-state index contributed by atoms with van der Waals surface area (Å²) in [5.74, 6) is 2.73. The van der Waals surface area contributed by atoms with Gasteiger partial charge in [-0.1, -0.05) is 57.9 Å². The van der Waals surface area contributed by atoms with Crippen molar-refractivity contribution < 1.29 is 0 Å². The van der Waals surface area contributed by atoms with Crippen LogP contribution in [0.3, 0.4) is 0 Å². The van der Waals surface area contributed by atoms with Crippen molar-refractivity contribution in [1.82, 2.24) is 0 Å². The quantitative estimate of drug-likeness (QED) is 0.630. The summed E-state index contributed by atoms with van der Waals surface area (Å²) < 4.78 is 0. The van der Waals surface area contributed by atoms with Crippen molar-refractivity contribution in [2.45, 2.75) is 45.4 Å². The van der Waals surface area contributed by atoms with Crippen molar-refractivity contribution in [3.05, 3.63) is 41.8 Å². The third-order valence-electron chi connectivity index (χ3n) is 2.76. The monoisotopic (exact) mass is 199 g/mol. The molecular formula is C15H19. The van der Waals surface area contributed by atoms with Crippen molar-refractivity contribution >= 4 is 0 Å². The Balaban J connectivity index is 2.96. The van der Waals surface area contributed by atoms with Crippen molar-refractivity contribution in [2.75, 3.05) is 0 Å². The first-order chi connectivity index (χ1) is 6.99. The van der Waals surface area contributed by atoms with Crippen LogP contribution in [0.25, 0.3) is 0 Å². The zero-order chi connectivity index (χ0) is 11.5. The van der Waals surface area contributed by atoms with Crippen molar-refractivity contribution in [2.24, 2.45) is 0 Å². The predicted octanol–water partition coefficient (Wildman–Crippen LogP) is 4.07. The second-order valence-corrected chi connectivity index (χ2v) is 4.98. The maximum absolute atomic E-state index is 7.22. The molecule has 0 nitrogen and oxygen atoms in total. The highest BCUT2D eigenvalue weighted by Crippen LogP contribution is 2.25. The van der Waals surface area contributed by atoms with Crippen LogP contribution in [0, 0.1) is 12.3 Å². The lowest BCUT2D eigenvalue weighted by molar-refractivity contribution is 0.589. The van der Waals surface area contributed by atoms with Gasteiger partial charge in [-0.15, -0.1) is 0 Å². The molecule has 0 saturated carbocycles. The zero-order valence-corrected chi connectivity index (χ0v) is 10.1. The topological polar surface area (TPSA) is 0 Å². The summed E-state index contributed by atoms with van der Waals surface area (Å²) in [5.41, 5.74) is 2.74. The molecule has 1 rings (SSSR count). The molecule has 0 heteroatoms. The highest BCUT2D eigenvalue weighted by Gasteiger charge is 2.13. The molecule has 0 fully saturated rings. The Morgan fingerprint density at radius 3 is 2.07 bits per heavy atom. The minimum atomic E-state index is 0.152. The van der Waals surface area contributed by atoms with Crippen molar-refractivity contribution in [3.8, 4) is 5.92 Å². The molecule has 0 bridgehead atoms. The minimum Gasteiger partial charge on any atom is -0.0809 e. The summed E-state index contributed by atoms with van der Waals surface area (Å²) in [4.78, 5) is 0. The fourth-order valence-corrected chi connectivity index (χ4v) is 1.64. The molecule has 15 heavy (non-hydrogen) atoms. The lowest BCUT2D eigenvalue weighted by Crippen LogP contribution is -2.10. The third kappa shape index (κ3) is 2.86. The van der Waals surface area contributed by atoms with E-state index in [2.05, 4.69) is 57.9 Å². The highest BCUT2D eigenvalue weighted by atomic mass is 14.2. The van der Waals surface area contributed by atoms with E-state index in [0.717, 1.165) is 6.42 Å². The number of hydrogen-bond donors (Lipinski definition) is 0. The van der Waals surface area contributed by atoms with Gasteiger partial charge in [-0.05, 0) is 29.4 Å². The standard InChI is InChI=1S/C15H19/c1-6-12(7-2)13-8-10-14(11-9-13)15(3,4)5/h8-12H,6H2,1,3-5H3. The summed E-state index contributed by atoms with van der Waals surface area (Å²) in [6, 6.07) is 8.57. The molecule has 0 heterocycles. The molecule has 0 aromatic heterocycles. The number of hydrogen-bond acceptors (Lipinski definition) is 0. The normalized spacial score (nSPS) is 13.3. The summed E-state index contributed by atoms with van der Waals surface area (Å²) in [6.07, 6.45) is 8.17. The van der Waals surface area contributed by atoms with Crippen LogP contribution in [0.1, 0.15) is 51.2 Å². The fourth-order valence-electron chi connectivity index (χ4n) is 1.64. The lowest BCUT2D eigenvalue weighted by atomic mass is 9.85. The zero-order valence-electron chi connectivity index (χ0n) is 10.1. The van der Waals surface area contributed by atoms with E-state index in [1.54, 1.807) is 0 Å². The van der Waals surface area contributed by atoms with E-state index in [0.29, 0.717) is 0 Å². The molecular weight excluding hydrogens is 180 g/mol. The van der Waals surface area contributed by atoms with Crippen LogP contribution >= 0.6 is 0 Å². The molecule has 0 saturated heterocycles. The van der Waals surface area contributed by atoms with Gasteiger partial charge in [0, 0.05) is 5.92 Å². The van der Waals surface area contributed by atoms with E-state index in [1.807, 2.05) is 0 Å². The number of benzene rings is 1. The van der Waals surface area contributed by atoms with E-state index in [-0.39, 0.29) is 11.3 Å². The largest absolute Gasteiger partial charge is 0.0809 e. The van der Waals surface area contributed by atoms with Gasteiger partial charge in [0.1, 0.15) is 0 Å². The van der Waals surface area contributed by atoms with E-state index >= 15 is 0 Å². The first-order valence-electron chi connectivity index (χ1n) is 5.51. The maximum atomic E-state index is 7.22. The Kier molecular flexibility index (Phi) is 3.58. The molecule has 1 atom stereocenters. The predicted molar refractivity (Wildman–Crippen MR) is 65.3 cm³/mol. The molecule has 0 N–H and O–H groups in total. The second-order valence-electron chi connectivity index (χ2n) is 4.98. The lowest BCUT2D eigenvalue weighted by Gasteiger charge is -2.19. The van der Waals surface area contributed by atoms with Gasteiger partial charge in [-0.25, -0.2) is 0 Å². The Hall–Kier alpha value is -1.22. The number of rotatable bonds is 2. The maximum Gasteiger partial charge on any atom is 0.0459 e. The molecule has 1 aromatic rings. The molecule has 1 aromatic carbocycles. The van der Waals surface area contributed by atoms with Crippen molar-refractivity contribution in [3.63, 3.8) is 0 Å². The minimum absolute atomic E-state index is 0.152. The fraction of sp³-hybridized carbons (Fsp3) is 0.467. The third-order valence-corrected chi connectivity index (χ3v) is 2.76. The van der Waals surface area contributed by atoms with E-state index < -0.39 is 0 Å². The SMILES string of the molecule is [C]#CC(CC)c1ccc(C(C)(C)C)cc1. The molecule has 0 amide bonds. The molecule has 0 aliphatic carbocycles. The smallest absolute Gasteiger partial charge is 0.0459 e. The average Bonchev–Trinajstić information content (AvgIpc) is 2.19. The highest BCUT2D eigenvalue weighted by molar-refractivity contribution is 5.32. The first kappa shape index (κ1) is 11.9. The molecule has 0 aliphatic rings. The molecule has 0 aliphatic heterocycles. The van der Waals surface area contributed by atoms with Gasteiger partial charge in [0.2, 0.25) is 0 Å². The average molecular weight is 199 g/mol. The Bertz CT molecular complexity index is 343. The van der Waals surface area contributed by atoms with E-state index in [1.165, 1.54) is 11.1 Å². The van der Waals surface area contributed by atoms with Gasteiger partial charge in [0.05, 0.1) is 0 Å². The van der Waals surface area contributed by atoms with Gasteiger partial charge in [-0.2, -0.15) is 0 Å². The van der Waals surface area contributed by atoms with E-state index in [4.69, 9.17) is 6.42 Å². The summed E-state index contributed by atoms with van der Waals surface area (Å²) >= 11 is 0. The van der Waals surface area contributed by atoms with E-state index in [9.17, 15) is 0 Å². The van der Waals surface area contributed by atoms with Gasteiger partial charge in [0.15, 0.2) is 0 Å². The van der Waals surface area contributed by atoms with Crippen LogP contribution < -0.4 is 0 Å². The van der Waals surface area contributed by atoms with Crippen LogP contribution in [0.15, 0.2) is 24.3 Å². The van der Waals surface area contributed by atoms with Gasteiger partial charge in [-0.3, -0.25) is 0 Å². The summed E-state index contributed by atoms with van der Waals surface area (Å²) in [7, 11) is 0. The van der Waals surface area contributed by atoms with Crippen LogP contribution in [0.2, 0.25) is 0 Å². The molecule has 0 spiro atoms. The molecule has 1 unspecified atom stereocenters. The van der Waals surface area contributed by atoms with Crippen LogP contribution in [-0.2, 0) is 5.41 Å². The summed E-state index contributed by atoms with van der Waals surface area (Å²) in [6.45, 7) is 8.72. The molecule has 79 valence electrons. The van der Waals surface area contributed by atoms with Crippen LogP contribution in [-0.4, -0.2) is 0 Å². The van der Waals surface area contributed by atoms with Crippen LogP contribution in [0.5, 0.6) is 0 Å². The summed E-state index contributed by atoms with van der Waals surface area (Å²) in [5, 5.41) is 0. The van der Waals surface area contributed by atoms with Gasteiger partial charge >= 0.3 is 0 Å². The van der Waals surface area contributed by atoms with Crippen molar-refractivity contribution in [1.29, 1.82) is 0 Å².